The highest BCUT2D eigenvalue weighted by atomic mass is 16.5. The Balaban J connectivity index is 2.70. The van der Waals surface area contributed by atoms with Crippen molar-refractivity contribution in [3.05, 3.63) is 0 Å². The minimum atomic E-state index is -0.634. The number of rotatable bonds is 6. The molecule has 0 aliphatic carbocycles. The van der Waals surface area contributed by atoms with Crippen LogP contribution in [0.25, 0.3) is 0 Å². The number of nitrogens with one attached hydrogen (secondary N) is 1. The third-order valence-corrected chi connectivity index (χ3v) is 4.20. The average Bonchev–Trinajstić information content (AvgIpc) is 2.45. The molecule has 1 fully saturated rings. The number of ether oxygens (including phenoxy) is 2. The third-order valence-electron chi connectivity index (χ3n) is 4.20. The van der Waals surface area contributed by atoms with Crippen molar-refractivity contribution >= 4 is 5.97 Å². The van der Waals surface area contributed by atoms with Crippen molar-refractivity contribution in [2.45, 2.75) is 51.2 Å². The van der Waals surface area contributed by atoms with E-state index in [1.54, 1.807) is 7.05 Å². The number of morpholine rings is 1. The van der Waals surface area contributed by atoms with E-state index in [9.17, 15) is 4.79 Å². The molecule has 0 aromatic rings. The van der Waals surface area contributed by atoms with Crippen LogP contribution in [0.5, 0.6) is 0 Å². The van der Waals surface area contributed by atoms with E-state index in [2.05, 4.69) is 24.1 Å². The fourth-order valence-electron chi connectivity index (χ4n) is 2.82. The zero-order chi connectivity index (χ0) is 14.5. The molecule has 0 radical (unpaired) electrons. The van der Waals surface area contributed by atoms with Gasteiger partial charge < -0.3 is 14.8 Å². The number of nitrogens with zero attached hydrogens (tertiary/aromatic N) is 1. The Kier molecular flexibility index (Phi) is 6.23. The second-order valence-electron chi connectivity index (χ2n) is 5.50. The molecule has 0 aromatic carbocycles. The summed E-state index contributed by atoms with van der Waals surface area (Å²) in [6, 6.07) is 0.757. The highest BCUT2D eigenvalue weighted by Gasteiger charge is 2.37. The molecule has 1 heterocycles. The Bertz CT molecular complexity index is 298. The van der Waals surface area contributed by atoms with Crippen LogP contribution in [0, 0.1) is 0 Å². The summed E-state index contributed by atoms with van der Waals surface area (Å²) in [4.78, 5) is 14.4. The standard InChI is InChI=1S/C14H28N2O3/c1-6-12-10-19-8-7-16(12)11(2)9-14(3,15-4)13(17)18-5/h11-12,15H,6-10H2,1-5H3. The first-order valence-electron chi connectivity index (χ1n) is 7.09. The smallest absolute Gasteiger partial charge is 0.325 e. The van der Waals surface area contributed by atoms with Gasteiger partial charge in [0.15, 0.2) is 0 Å². The summed E-state index contributed by atoms with van der Waals surface area (Å²) in [6.45, 7) is 8.74. The first kappa shape index (κ1) is 16.4. The van der Waals surface area contributed by atoms with Crippen molar-refractivity contribution in [1.29, 1.82) is 0 Å². The molecular formula is C14H28N2O3. The lowest BCUT2D eigenvalue weighted by Crippen LogP contribution is -2.56. The predicted octanol–water partition coefficient (Wildman–Crippen LogP) is 1.03. The minimum absolute atomic E-state index is 0.205. The van der Waals surface area contributed by atoms with Crippen LogP contribution in [-0.4, -0.2) is 62.4 Å². The number of methoxy groups -OCH3 is 1. The summed E-state index contributed by atoms with van der Waals surface area (Å²) in [5.41, 5.74) is -0.634. The number of carbonyl (C=O) groups excluding carboxylic acids is 1. The van der Waals surface area contributed by atoms with Crippen LogP contribution in [0.15, 0.2) is 0 Å². The van der Waals surface area contributed by atoms with Crippen LogP contribution < -0.4 is 5.32 Å². The van der Waals surface area contributed by atoms with Gasteiger partial charge in [0.25, 0.3) is 0 Å². The van der Waals surface area contributed by atoms with E-state index >= 15 is 0 Å². The summed E-state index contributed by atoms with van der Waals surface area (Å²) in [5, 5.41) is 3.10. The van der Waals surface area contributed by atoms with E-state index in [1.165, 1.54) is 7.11 Å². The zero-order valence-electron chi connectivity index (χ0n) is 12.9. The molecule has 3 atom stereocenters. The van der Waals surface area contributed by atoms with Crippen molar-refractivity contribution in [2.24, 2.45) is 0 Å². The topological polar surface area (TPSA) is 50.8 Å². The van der Waals surface area contributed by atoms with Crippen LogP contribution in [-0.2, 0) is 14.3 Å². The van der Waals surface area contributed by atoms with E-state index in [-0.39, 0.29) is 5.97 Å². The minimum Gasteiger partial charge on any atom is -0.468 e. The molecule has 1 rings (SSSR count). The zero-order valence-corrected chi connectivity index (χ0v) is 12.9. The average molecular weight is 272 g/mol. The van der Waals surface area contributed by atoms with Crippen LogP contribution in [0.2, 0.25) is 0 Å². The number of hydrogen-bond acceptors (Lipinski definition) is 5. The van der Waals surface area contributed by atoms with Gasteiger partial charge in [-0.15, -0.1) is 0 Å². The van der Waals surface area contributed by atoms with Crippen LogP contribution >= 0.6 is 0 Å². The highest BCUT2D eigenvalue weighted by molar-refractivity contribution is 5.80. The number of hydrogen-bond donors (Lipinski definition) is 1. The molecule has 19 heavy (non-hydrogen) atoms. The lowest BCUT2D eigenvalue weighted by atomic mass is 9.92. The van der Waals surface area contributed by atoms with E-state index in [4.69, 9.17) is 9.47 Å². The summed E-state index contributed by atoms with van der Waals surface area (Å²) < 4.78 is 10.4. The molecule has 0 aromatic heterocycles. The fourth-order valence-corrected chi connectivity index (χ4v) is 2.82. The van der Waals surface area contributed by atoms with E-state index in [0.717, 1.165) is 32.6 Å². The van der Waals surface area contributed by atoms with Gasteiger partial charge in [-0.2, -0.15) is 0 Å². The van der Waals surface area contributed by atoms with Gasteiger partial charge in [0, 0.05) is 18.6 Å². The van der Waals surface area contributed by atoms with Gasteiger partial charge in [-0.1, -0.05) is 6.92 Å². The molecular weight excluding hydrogens is 244 g/mol. The monoisotopic (exact) mass is 272 g/mol. The number of carbonyl (C=O) groups is 1. The van der Waals surface area contributed by atoms with Gasteiger partial charge in [-0.05, 0) is 33.7 Å². The molecule has 3 unspecified atom stereocenters. The molecule has 112 valence electrons. The van der Waals surface area contributed by atoms with E-state index < -0.39 is 5.54 Å². The van der Waals surface area contributed by atoms with Gasteiger partial charge >= 0.3 is 5.97 Å². The molecule has 0 saturated carbocycles. The predicted molar refractivity (Wildman–Crippen MR) is 75.2 cm³/mol. The van der Waals surface area contributed by atoms with Crippen LogP contribution in [0.3, 0.4) is 0 Å². The fraction of sp³-hybridized carbons (Fsp3) is 0.929. The summed E-state index contributed by atoms with van der Waals surface area (Å²) in [6.07, 6.45) is 1.80. The normalized spacial score (nSPS) is 25.6. The maximum atomic E-state index is 11.9. The van der Waals surface area contributed by atoms with Crippen molar-refractivity contribution in [1.82, 2.24) is 10.2 Å². The molecule has 0 bridgehead atoms. The Morgan fingerprint density at radius 1 is 1.63 bits per heavy atom. The van der Waals surface area contributed by atoms with Crippen LogP contribution in [0.1, 0.15) is 33.6 Å². The maximum Gasteiger partial charge on any atom is 0.325 e. The van der Waals surface area contributed by atoms with Gasteiger partial charge in [0.1, 0.15) is 5.54 Å². The molecule has 0 amide bonds. The summed E-state index contributed by atoms with van der Waals surface area (Å²) in [7, 11) is 3.24. The quantitative estimate of drug-likeness (QED) is 0.732. The molecule has 5 nitrogen and oxygen atoms in total. The third kappa shape index (κ3) is 3.91. The van der Waals surface area contributed by atoms with E-state index in [0.29, 0.717) is 12.1 Å². The molecule has 1 N–H and O–H groups in total. The van der Waals surface area contributed by atoms with Crippen molar-refractivity contribution in [3.8, 4) is 0 Å². The number of esters is 1. The SMILES string of the molecule is CCC1COCCN1C(C)CC(C)(NC)C(=O)OC. The second kappa shape index (κ2) is 7.22. The lowest BCUT2D eigenvalue weighted by molar-refractivity contribution is -0.149. The first-order valence-corrected chi connectivity index (χ1v) is 7.09. The largest absolute Gasteiger partial charge is 0.468 e. The van der Waals surface area contributed by atoms with Gasteiger partial charge in [0.05, 0.1) is 20.3 Å². The maximum absolute atomic E-state index is 11.9. The summed E-state index contributed by atoms with van der Waals surface area (Å²) in [5.74, 6) is -0.205. The van der Waals surface area contributed by atoms with Crippen molar-refractivity contribution in [3.63, 3.8) is 0 Å². The first-order chi connectivity index (χ1) is 8.98. The Hall–Kier alpha value is -0.650. The molecule has 0 spiro atoms. The number of likely N-dealkylation sites (N-methyl/N-ethyl adjacent to an activating group) is 1. The summed E-state index contributed by atoms with van der Waals surface area (Å²) >= 11 is 0. The van der Waals surface area contributed by atoms with Crippen molar-refractivity contribution < 1.29 is 14.3 Å². The van der Waals surface area contributed by atoms with Crippen molar-refractivity contribution in [2.75, 3.05) is 33.9 Å². The Morgan fingerprint density at radius 3 is 2.84 bits per heavy atom. The van der Waals surface area contributed by atoms with Gasteiger partial charge in [-0.3, -0.25) is 9.69 Å². The highest BCUT2D eigenvalue weighted by Crippen LogP contribution is 2.22. The molecule has 1 aliphatic rings. The van der Waals surface area contributed by atoms with Gasteiger partial charge in [0.2, 0.25) is 0 Å². The second-order valence-corrected chi connectivity index (χ2v) is 5.50. The van der Waals surface area contributed by atoms with E-state index in [1.807, 2.05) is 6.92 Å². The molecule has 1 saturated heterocycles. The van der Waals surface area contributed by atoms with Crippen LogP contribution in [0.4, 0.5) is 0 Å². The Morgan fingerprint density at radius 2 is 2.32 bits per heavy atom. The Labute approximate surface area is 116 Å². The lowest BCUT2D eigenvalue weighted by Gasteiger charge is -2.42. The van der Waals surface area contributed by atoms with Gasteiger partial charge in [-0.25, -0.2) is 0 Å². The molecule has 5 heteroatoms. The molecule has 1 aliphatic heterocycles.